The van der Waals surface area contributed by atoms with Crippen LogP contribution in [0.15, 0.2) is 24.3 Å². The van der Waals surface area contributed by atoms with Crippen LogP contribution in [0.2, 0.25) is 0 Å². The van der Waals surface area contributed by atoms with Crippen LogP contribution in [0.1, 0.15) is 24.5 Å². The van der Waals surface area contributed by atoms with Crippen LogP contribution >= 0.6 is 0 Å². The number of hydrogen-bond donors (Lipinski definition) is 1. The summed E-state index contributed by atoms with van der Waals surface area (Å²) in [4.78, 5) is 14.0. The highest BCUT2D eigenvalue weighted by Crippen LogP contribution is 2.09. The van der Waals surface area contributed by atoms with Gasteiger partial charge >= 0.3 is 0 Å². The molecule has 0 saturated heterocycles. The molecule has 0 saturated carbocycles. The molecule has 0 aliphatic heterocycles. The molecular formula is C14H22N2O. The lowest BCUT2D eigenvalue weighted by Gasteiger charge is -2.21. The molecule has 0 atom stereocenters. The molecule has 1 aromatic rings. The van der Waals surface area contributed by atoms with Crippen molar-refractivity contribution in [1.82, 2.24) is 4.90 Å². The Bertz CT molecular complexity index is 363. The van der Waals surface area contributed by atoms with Crippen LogP contribution < -0.4 is 5.73 Å². The number of carbonyl (C=O) groups excluding carboxylic acids is 1. The fraction of sp³-hybridized carbons (Fsp3) is 0.500. The fourth-order valence-corrected chi connectivity index (χ4v) is 1.82. The minimum Gasteiger partial charge on any atom is -0.343 e. The second-order valence-electron chi connectivity index (χ2n) is 4.22. The molecule has 1 rings (SSSR count). The maximum Gasteiger partial charge on any atom is 0.226 e. The lowest BCUT2D eigenvalue weighted by molar-refractivity contribution is -0.130. The van der Waals surface area contributed by atoms with Gasteiger partial charge in [-0.05, 0) is 37.9 Å². The molecule has 0 radical (unpaired) electrons. The highest BCUT2D eigenvalue weighted by Gasteiger charge is 2.12. The van der Waals surface area contributed by atoms with Gasteiger partial charge in [0.2, 0.25) is 5.91 Å². The zero-order valence-electron chi connectivity index (χ0n) is 10.8. The standard InChI is InChI=1S/C14H22N2O/c1-3-16(10-6-9-15)14(17)11-13-8-5-4-7-12(13)2/h4-5,7-8H,3,6,9-11,15H2,1-2H3. The molecule has 0 aliphatic rings. The molecule has 0 spiro atoms. The van der Waals surface area contributed by atoms with Gasteiger partial charge in [0.25, 0.3) is 0 Å². The number of benzene rings is 1. The number of aryl methyl sites for hydroxylation is 1. The monoisotopic (exact) mass is 234 g/mol. The first-order valence-corrected chi connectivity index (χ1v) is 6.21. The summed E-state index contributed by atoms with van der Waals surface area (Å²) in [6.45, 7) is 6.20. The van der Waals surface area contributed by atoms with Gasteiger partial charge in [-0.2, -0.15) is 0 Å². The van der Waals surface area contributed by atoms with Gasteiger partial charge in [-0.25, -0.2) is 0 Å². The molecule has 17 heavy (non-hydrogen) atoms. The van der Waals surface area contributed by atoms with Gasteiger partial charge in [0.1, 0.15) is 0 Å². The first kappa shape index (κ1) is 13.7. The minimum absolute atomic E-state index is 0.190. The summed E-state index contributed by atoms with van der Waals surface area (Å²) in [5, 5.41) is 0. The number of nitrogens with two attached hydrogens (primary N) is 1. The summed E-state index contributed by atoms with van der Waals surface area (Å²) in [6, 6.07) is 8.03. The SMILES string of the molecule is CCN(CCCN)C(=O)Cc1ccccc1C. The lowest BCUT2D eigenvalue weighted by Crippen LogP contribution is -2.34. The Morgan fingerprint density at radius 3 is 2.65 bits per heavy atom. The average Bonchev–Trinajstić information content (AvgIpc) is 2.33. The van der Waals surface area contributed by atoms with Crippen LogP contribution in [0.5, 0.6) is 0 Å². The summed E-state index contributed by atoms with van der Waals surface area (Å²) in [5.41, 5.74) is 7.76. The molecule has 0 bridgehead atoms. The van der Waals surface area contributed by atoms with Gasteiger partial charge in [-0.15, -0.1) is 0 Å². The van der Waals surface area contributed by atoms with Crippen molar-refractivity contribution in [3.05, 3.63) is 35.4 Å². The third-order valence-electron chi connectivity index (χ3n) is 2.97. The van der Waals surface area contributed by atoms with Crippen LogP contribution in [0.25, 0.3) is 0 Å². The molecule has 0 aromatic heterocycles. The quantitative estimate of drug-likeness (QED) is 0.815. The van der Waals surface area contributed by atoms with E-state index in [4.69, 9.17) is 5.73 Å². The van der Waals surface area contributed by atoms with Crippen LogP contribution in [0.3, 0.4) is 0 Å². The smallest absolute Gasteiger partial charge is 0.226 e. The number of carbonyl (C=O) groups is 1. The molecule has 0 heterocycles. The Kier molecular flexibility index (Phi) is 5.70. The van der Waals surface area contributed by atoms with Crippen LogP contribution in [-0.2, 0) is 11.2 Å². The van der Waals surface area contributed by atoms with Crippen LogP contribution in [-0.4, -0.2) is 30.4 Å². The Labute approximate surface area is 104 Å². The third-order valence-corrected chi connectivity index (χ3v) is 2.97. The maximum atomic E-state index is 12.1. The molecule has 3 heteroatoms. The van der Waals surface area contributed by atoms with Gasteiger partial charge in [0.05, 0.1) is 6.42 Å². The predicted molar refractivity (Wildman–Crippen MR) is 70.8 cm³/mol. The number of likely N-dealkylation sites (N-methyl/N-ethyl adjacent to an activating group) is 1. The normalized spacial score (nSPS) is 10.3. The Hall–Kier alpha value is -1.35. The van der Waals surface area contributed by atoms with E-state index in [1.54, 1.807) is 0 Å². The number of rotatable bonds is 6. The molecule has 2 N–H and O–H groups in total. The van der Waals surface area contributed by atoms with Crippen LogP contribution in [0.4, 0.5) is 0 Å². The zero-order valence-corrected chi connectivity index (χ0v) is 10.8. The maximum absolute atomic E-state index is 12.1. The van der Waals surface area contributed by atoms with Gasteiger partial charge in [-0.1, -0.05) is 24.3 Å². The largest absolute Gasteiger partial charge is 0.343 e. The van der Waals surface area contributed by atoms with E-state index in [-0.39, 0.29) is 5.91 Å². The first-order valence-electron chi connectivity index (χ1n) is 6.21. The first-order chi connectivity index (χ1) is 8.19. The molecule has 0 fully saturated rings. The summed E-state index contributed by atoms with van der Waals surface area (Å²) in [6.07, 6.45) is 1.36. The van der Waals surface area contributed by atoms with Crippen molar-refractivity contribution in [2.45, 2.75) is 26.7 Å². The Balaban J connectivity index is 2.61. The van der Waals surface area contributed by atoms with E-state index in [2.05, 4.69) is 0 Å². The van der Waals surface area contributed by atoms with E-state index in [1.807, 2.05) is 43.0 Å². The van der Waals surface area contributed by atoms with Gasteiger partial charge in [0.15, 0.2) is 0 Å². The van der Waals surface area contributed by atoms with Gasteiger partial charge in [0, 0.05) is 13.1 Å². The number of amides is 1. The summed E-state index contributed by atoms with van der Waals surface area (Å²) < 4.78 is 0. The Morgan fingerprint density at radius 2 is 2.06 bits per heavy atom. The van der Waals surface area contributed by atoms with E-state index in [1.165, 1.54) is 5.56 Å². The topological polar surface area (TPSA) is 46.3 Å². The van der Waals surface area contributed by atoms with Crippen molar-refractivity contribution in [3.63, 3.8) is 0 Å². The average molecular weight is 234 g/mol. The highest BCUT2D eigenvalue weighted by atomic mass is 16.2. The van der Waals surface area contributed by atoms with Crippen LogP contribution in [0, 0.1) is 6.92 Å². The van der Waals surface area contributed by atoms with Crippen molar-refractivity contribution in [2.24, 2.45) is 5.73 Å². The second kappa shape index (κ2) is 7.07. The Morgan fingerprint density at radius 1 is 1.35 bits per heavy atom. The molecule has 1 amide bonds. The van der Waals surface area contributed by atoms with E-state index in [9.17, 15) is 4.79 Å². The van der Waals surface area contributed by atoms with Crippen molar-refractivity contribution < 1.29 is 4.79 Å². The van der Waals surface area contributed by atoms with Crippen molar-refractivity contribution in [1.29, 1.82) is 0 Å². The van der Waals surface area contributed by atoms with E-state index in [0.29, 0.717) is 13.0 Å². The second-order valence-corrected chi connectivity index (χ2v) is 4.22. The van der Waals surface area contributed by atoms with Crippen molar-refractivity contribution in [3.8, 4) is 0 Å². The molecule has 0 unspecified atom stereocenters. The molecule has 0 aliphatic carbocycles. The molecule has 3 nitrogen and oxygen atoms in total. The summed E-state index contributed by atoms with van der Waals surface area (Å²) in [7, 11) is 0. The molecule has 1 aromatic carbocycles. The van der Waals surface area contributed by atoms with E-state index < -0.39 is 0 Å². The summed E-state index contributed by atoms with van der Waals surface area (Å²) >= 11 is 0. The van der Waals surface area contributed by atoms with E-state index in [0.717, 1.165) is 25.1 Å². The van der Waals surface area contributed by atoms with Crippen molar-refractivity contribution >= 4 is 5.91 Å². The molecule has 94 valence electrons. The van der Waals surface area contributed by atoms with Crippen molar-refractivity contribution in [2.75, 3.05) is 19.6 Å². The highest BCUT2D eigenvalue weighted by molar-refractivity contribution is 5.79. The number of nitrogens with zero attached hydrogens (tertiary/aromatic N) is 1. The summed E-state index contributed by atoms with van der Waals surface area (Å²) in [5.74, 6) is 0.190. The molecular weight excluding hydrogens is 212 g/mol. The van der Waals surface area contributed by atoms with E-state index >= 15 is 0 Å². The number of hydrogen-bond acceptors (Lipinski definition) is 2. The van der Waals surface area contributed by atoms with Gasteiger partial charge < -0.3 is 10.6 Å². The van der Waals surface area contributed by atoms with Gasteiger partial charge in [-0.3, -0.25) is 4.79 Å². The lowest BCUT2D eigenvalue weighted by atomic mass is 10.1. The third kappa shape index (κ3) is 4.19. The fourth-order valence-electron chi connectivity index (χ4n) is 1.82. The zero-order chi connectivity index (χ0) is 12.7. The minimum atomic E-state index is 0.190. The predicted octanol–water partition coefficient (Wildman–Crippen LogP) is 1.73.